The fourth-order valence-corrected chi connectivity index (χ4v) is 5.44. The van der Waals surface area contributed by atoms with Gasteiger partial charge in [-0.05, 0) is 49.2 Å². The molecule has 3 rings (SSSR count). The molecule has 1 N–H and O–H groups in total. The molecule has 2 aromatic rings. The Bertz CT molecular complexity index is 1020. The van der Waals surface area contributed by atoms with Crippen LogP contribution in [-0.4, -0.2) is 29.1 Å². The van der Waals surface area contributed by atoms with E-state index in [1.54, 1.807) is 0 Å². The molecule has 0 saturated carbocycles. The van der Waals surface area contributed by atoms with Gasteiger partial charge in [0.15, 0.2) is 0 Å². The van der Waals surface area contributed by atoms with Crippen LogP contribution in [0, 0.1) is 11.6 Å². The highest BCUT2D eigenvalue weighted by Gasteiger charge is 2.26. The lowest BCUT2D eigenvalue weighted by atomic mass is 10.2. The third kappa shape index (κ3) is 3.80. The zero-order valence-electron chi connectivity index (χ0n) is 13.5. The Balaban J connectivity index is 1.83. The molecule has 26 heavy (non-hydrogen) atoms. The van der Waals surface area contributed by atoms with Gasteiger partial charge in [-0.25, -0.2) is 25.6 Å². The quantitative estimate of drug-likeness (QED) is 0.852. The number of hydrogen-bond acceptors (Lipinski definition) is 4. The topological polar surface area (TPSA) is 83.6 Å². The molecule has 0 aliphatic carbocycles. The molecule has 1 heterocycles. The Kier molecular flexibility index (Phi) is 4.89. The number of hydrogen-bond donors (Lipinski definition) is 1. The lowest BCUT2D eigenvalue weighted by Gasteiger charge is -2.28. The second-order valence-corrected chi connectivity index (χ2v) is 9.49. The van der Waals surface area contributed by atoms with Crippen molar-refractivity contribution in [3.8, 4) is 0 Å². The summed E-state index contributed by atoms with van der Waals surface area (Å²) >= 11 is 0. The average molecular weight is 402 g/mol. The van der Waals surface area contributed by atoms with E-state index in [-0.39, 0.29) is 11.4 Å². The molecule has 10 heteroatoms. The van der Waals surface area contributed by atoms with Gasteiger partial charge in [0.1, 0.15) is 16.5 Å². The molecule has 1 saturated heterocycles. The summed E-state index contributed by atoms with van der Waals surface area (Å²) in [6, 6.07) is 7.89. The minimum Gasteiger partial charge on any atom is -0.280 e. The molecular formula is C16H16F2N2O4S2. The van der Waals surface area contributed by atoms with Crippen molar-refractivity contribution in [2.45, 2.75) is 17.7 Å². The maximum atomic E-state index is 13.7. The molecule has 0 atom stereocenters. The summed E-state index contributed by atoms with van der Waals surface area (Å²) in [4.78, 5) is -0.679. The zero-order chi connectivity index (χ0) is 18.9. The van der Waals surface area contributed by atoms with Crippen molar-refractivity contribution in [1.29, 1.82) is 0 Å². The van der Waals surface area contributed by atoms with Gasteiger partial charge in [-0.15, -0.1) is 0 Å². The third-order valence-corrected chi connectivity index (χ3v) is 7.22. The Morgan fingerprint density at radius 3 is 2.31 bits per heavy atom. The van der Waals surface area contributed by atoms with Gasteiger partial charge in [-0.3, -0.25) is 9.03 Å². The van der Waals surface area contributed by atoms with Crippen LogP contribution in [0.1, 0.15) is 12.8 Å². The van der Waals surface area contributed by atoms with Crippen molar-refractivity contribution in [3.63, 3.8) is 0 Å². The standard InChI is InChI=1S/C16H16F2N2O4S2/c17-12-3-8-16(15(18)11-12)26(23,24)19-13-4-6-14(7-5-13)20-9-1-2-10-25(20,21)22/h3-8,11,19H,1-2,9-10H2. The average Bonchev–Trinajstić information content (AvgIpc) is 2.55. The minimum atomic E-state index is -4.24. The summed E-state index contributed by atoms with van der Waals surface area (Å²) in [6.07, 6.45) is 1.36. The minimum absolute atomic E-state index is 0.0746. The van der Waals surface area contributed by atoms with Gasteiger partial charge in [0, 0.05) is 18.3 Å². The second kappa shape index (κ2) is 6.84. The number of halogens is 2. The van der Waals surface area contributed by atoms with Crippen LogP contribution in [0.2, 0.25) is 0 Å². The zero-order valence-corrected chi connectivity index (χ0v) is 15.2. The largest absolute Gasteiger partial charge is 0.280 e. The van der Waals surface area contributed by atoms with E-state index in [1.807, 2.05) is 0 Å². The van der Waals surface area contributed by atoms with Crippen molar-refractivity contribution in [1.82, 2.24) is 0 Å². The molecule has 0 amide bonds. The van der Waals surface area contributed by atoms with E-state index in [0.29, 0.717) is 24.7 Å². The van der Waals surface area contributed by atoms with Gasteiger partial charge < -0.3 is 0 Å². The fourth-order valence-electron chi connectivity index (χ4n) is 2.68. The summed E-state index contributed by atoms with van der Waals surface area (Å²) in [5, 5.41) is 0. The lowest BCUT2D eigenvalue weighted by molar-refractivity contribution is 0.551. The second-order valence-electron chi connectivity index (χ2n) is 5.82. The normalized spacial score (nSPS) is 17.1. The summed E-state index contributed by atoms with van der Waals surface area (Å²) in [5.41, 5.74) is 0.562. The SMILES string of the molecule is O=S(=O)(Nc1ccc(N2CCCCS2(=O)=O)cc1)c1ccc(F)cc1F. The van der Waals surface area contributed by atoms with Crippen molar-refractivity contribution in [2.24, 2.45) is 0 Å². The molecule has 0 radical (unpaired) electrons. The Morgan fingerprint density at radius 2 is 1.69 bits per heavy atom. The Hall–Kier alpha value is -2.20. The van der Waals surface area contributed by atoms with Crippen LogP contribution in [0.4, 0.5) is 20.2 Å². The molecule has 1 aliphatic heterocycles. The van der Waals surface area contributed by atoms with Crippen molar-refractivity contribution in [2.75, 3.05) is 21.3 Å². The Labute approximate surface area is 150 Å². The number of rotatable bonds is 4. The molecular weight excluding hydrogens is 386 g/mol. The molecule has 2 aromatic carbocycles. The van der Waals surface area contributed by atoms with E-state index < -0.39 is 36.6 Å². The molecule has 6 nitrogen and oxygen atoms in total. The van der Waals surface area contributed by atoms with Gasteiger partial charge in [0.2, 0.25) is 10.0 Å². The fraction of sp³-hybridized carbons (Fsp3) is 0.250. The maximum absolute atomic E-state index is 13.7. The predicted molar refractivity (Wildman–Crippen MR) is 94.0 cm³/mol. The molecule has 0 aromatic heterocycles. The highest BCUT2D eigenvalue weighted by molar-refractivity contribution is 7.93. The predicted octanol–water partition coefficient (Wildman–Crippen LogP) is 2.70. The lowest BCUT2D eigenvalue weighted by Crippen LogP contribution is -2.37. The smallest absolute Gasteiger partial charge is 0.264 e. The molecule has 140 valence electrons. The van der Waals surface area contributed by atoms with E-state index >= 15 is 0 Å². The van der Waals surface area contributed by atoms with E-state index in [1.165, 1.54) is 28.6 Å². The van der Waals surface area contributed by atoms with Crippen LogP contribution < -0.4 is 9.03 Å². The number of anilines is 2. The third-order valence-electron chi connectivity index (χ3n) is 3.94. The molecule has 0 unspecified atom stereocenters. The van der Waals surface area contributed by atoms with Gasteiger partial charge in [0.05, 0.1) is 11.4 Å². The van der Waals surface area contributed by atoms with Crippen LogP contribution in [0.25, 0.3) is 0 Å². The summed E-state index contributed by atoms with van der Waals surface area (Å²) < 4.78 is 78.8. The highest BCUT2D eigenvalue weighted by atomic mass is 32.2. The maximum Gasteiger partial charge on any atom is 0.264 e. The first-order chi connectivity index (χ1) is 12.2. The number of nitrogens with one attached hydrogen (secondary N) is 1. The first kappa shape index (κ1) is 18.6. The molecule has 0 bridgehead atoms. The number of benzene rings is 2. The summed E-state index contributed by atoms with van der Waals surface area (Å²) in [6.45, 7) is 0.369. The van der Waals surface area contributed by atoms with Crippen LogP contribution in [0.15, 0.2) is 47.4 Å². The van der Waals surface area contributed by atoms with Gasteiger partial charge in [0.25, 0.3) is 10.0 Å². The Morgan fingerprint density at radius 1 is 1.00 bits per heavy atom. The van der Waals surface area contributed by atoms with Gasteiger partial charge in [-0.2, -0.15) is 0 Å². The van der Waals surface area contributed by atoms with E-state index in [2.05, 4.69) is 4.72 Å². The summed E-state index contributed by atoms with van der Waals surface area (Å²) in [7, 11) is -7.61. The van der Waals surface area contributed by atoms with Gasteiger partial charge in [-0.1, -0.05) is 0 Å². The van der Waals surface area contributed by atoms with Crippen LogP contribution in [-0.2, 0) is 20.0 Å². The van der Waals surface area contributed by atoms with Crippen molar-refractivity contribution >= 4 is 31.4 Å². The first-order valence-corrected chi connectivity index (χ1v) is 10.9. The van der Waals surface area contributed by atoms with Crippen molar-refractivity contribution < 1.29 is 25.6 Å². The highest BCUT2D eigenvalue weighted by Crippen LogP contribution is 2.26. The number of sulfonamides is 2. The van der Waals surface area contributed by atoms with E-state index in [9.17, 15) is 25.6 Å². The van der Waals surface area contributed by atoms with E-state index in [4.69, 9.17) is 0 Å². The summed E-state index contributed by atoms with van der Waals surface area (Å²) in [5.74, 6) is -2.01. The van der Waals surface area contributed by atoms with Crippen LogP contribution >= 0.6 is 0 Å². The van der Waals surface area contributed by atoms with Crippen LogP contribution in [0.5, 0.6) is 0 Å². The number of nitrogens with zero attached hydrogens (tertiary/aromatic N) is 1. The first-order valence-electron chi connectivity index (χ1n) is 7.77. The van der Waals surface area contributed by atoms with Crippen LogP contribution in [0.3, 0.4) is 0 Å². The van der Waals surface area contributed by atoms with E-state index in [0.717, 1.165) is 18.6 Å². The molecule has 1 fully saturated rings. The molecule has 0 spiro atoms. The van der Waals surface area contributed by atoms with Gasteiger partial charge >= 0.3 is 0 Å². The molecule has 1 aliphatic rings. The van der Waals surface area contributed by atoms with Crippen molar-refractivity contribution in [3.05, 3.63) is 54.1 Å². The monoisotopic (exact) mass is 402 g/mol.